The van der Waals surface area contributed by atoms with Gasteiger partial charge in [0.1, 0.15) is 0 Å². The van der Waals surface area contributed by atoms with E-state index >= 15 is 0 Å². The fourth-order valence-corrected chi connectivity index (χ4v) is 3.27. The van der Waals surface area contributed by atoms with Gasteiger partial charge in [-0.1, -0.05) is 18.2 Å². The number of piperazine rings is 1. The predicted octanol–water partition coefficient (Wildman–Crippen LogP) is 2.81. The van der Waals surface area contributed by atoms with E-state index in [4.69, 9.17) is 9.47 Å². The number of hydrogen-bond donors (Lipinski definition) is 1. The van der Waals surface area contributed by atoms with Gasteiger partial charge in [-0.3, -0.25) is 9.78 Å². The number of carbonyl (C=O) groups excluding carboxylic acids is 1. The molecule has 1 atom stereocenters. The third-order valence-corrected chi connectivity index (χ3v) is 4.57. The summed E-state index contributed by atoms with van der Waals surface area (Å²) in [7, 11) is 0. The van der Waals surface area contributed by atoms with E-state index in [-0.39, 0.29) is 11.9 Å². The molecule has 0 spiro atoms. The van der Waals surface area contributed by atoms with Gasteiger partial charge >= 0.3 is 0 Å². The molecule has 1 saturated heterocycles. The molecule has 1 N–H and O–H groups in total. The second-order valence-electron chi connectivity index (χ2n) is 6.43. The summed E-state index contributed by atoms with van der Waals surface area (Å²) in [4.78, 5) is 18.9. The molecule has 1 unspecified atom stereocenters. The Morgan fingerprint density at radius 1 is 1.22 bits per heavy atom. The van der Waals surface area contributed by atoms with Crippen molar-refractivity contribution in [3.05, 3.63) is 54.4 Å². The molecule has 1 aliphatic rings. The van der Waals surface area contributed by atoms with Gasteiger partial charge in [-0.25, -0.2) is 0 Å². The third kappa shape index (κ3) is 5.20. The van der Waals surface area contributed by atoms with E-state index in [9.17, 15) is 4.79 Å². The second kappa shape index (κ2) is 9.92. The summed E-state index contributed by atoms with van der Waals surface area (Å²) in [5.74, 6) is 1.62. The Bertz CT molecular complexity index is 724. The first-order chi connectivity index (χ1) is 13.3. The first-order valence-corrected chi connectivity index (χ1v) is 9.54. The van der Waals surface area contributed by atoms with Crippen LogP contribution in [-0.4, -0.2) is 48.6 Å². The number of benzene rings is 1. The average molecular weight is 369 g/mol. The topological polar surface area (TPSA) is 63.7 Å². The monoisotopic (exact) mass is 369 g/mol. The molecule has 0 radical (unpaired) electrons. The van der Waals surface area contributed by atoms with E-state index in [0.29, 0.717) is 32.6 Å². The maximum absolute atomic E-state index is 12.8. The zero-order valence-electron chi connectivity index (χ0n) is 15.8. The molecule has 2 aromatic rings. The highest BCUT2D eigenvalue weighted by atomic mass is 16.5. The smallest absolute Gasteiger partial charge is 0.223 e. The van der Waals surface area contributed by atoms with Crippen LogP contribution >= 0.6 is 0 Å². The van der Waals surface area contributed by atoms with Crippen LogP contribution in [0.1, 0.15) is 31.4 Å². The molecule has 3 rings (SSSR count). The van der Waals surface area contributed by atoms with Gasteiger partial charge < -0.3 is 19.7 Å². The summed E-state index contributed by atoms with van der Waals surface area (Å²) in [6.07, 6.45) is 4.73. The zero-order chi connectivity index (χ0) is 18.9. The summed E-state index contributed by atoms with van der Waals surface area (Å²) in [6.45, 7) is 5.32. The lowest BCUT2D eigenvalue weighted by Gasteiger charge is -2.36. The fraction of sp³-hybridized carbons (Fsp3) is 0.429. The van der Waals surface area contributed by atoms with Crippen LogP contribution in [0.4, 0.5) is 0 Å². The Kier molecular flexibility index (Phi) is 7.04. The van der Waals surface area contributed by atoms with Gasteiger partial charge in [0.15, 0.2) is 11.5 Å². The molecule has 0 aliphatic carbocycles. The molecule has 144 valence electrons. The van der Waals surface area contributed by atoms with E-state index in [0.717, 1.165) is 30.2 Å². The minimum Gasteiger partial charge on any atom is -0.490 e. The van der Waals surface area contributed by atoms with Crippen LogP contribution in [0.15, 0.2) is 48.8 Å². The number of amides is 1. The largest absolute Gasteiger partial charge is 0.490 e. The molecule has 1 aliphatic heterocycles. The summed E-state index contributed by atoms with van der Waals surface area (Å²) in [5, 5.41) is 3.36. The van der Waals surface area contributed by atoms with E-state index in [1.165, 1.54) is 0 Å². The normalized spacial score (nSPS) is 16.8. The van der Waals surface area contributed by atoms with E-state index in [2.05, 4.69) is 10.3 Å². The number of nitrogens with one attached hydrogen (secondary N) is 1. The summed E-state index contributed by atoms with van der Waals surface area (Å²) < 4.78 is 11.4. The van der Waals surface area contributed by atoms with Crippen LogP contribution in [-0.2, 0) is 4.79 Å². The van der Waals surface area contributed by atoms with Crippen molar-refractivity contribution in [1.82, 2.24) is 15.2 Å². The number of pyridine rings is 1. The van der Waals surface area contributed by atoms with Gasteiger partial charge in [-0.15, -0.1) is 0 Å². The maximum atomic E-state index is 12.8. The highest BCUT2D eigenvalue weighted by molar-refractivity contribution is 5.77. The number of nitrogens with zero attached hydrogens (tertiary/aromatic N) is 2. The Morgan fingerprint density at radius 3 is 2.78 bits per heavy atom. The van der Waals surface area contributed by atoms with Crippen molar-refractivity contribution in [3.8, 4) is 11.5 Å². The molecule has 0 bridgehead atoms. The molecule has 1 aromatic heterocycles. The van der Waals surface area contributed by atoms with Crippen molar-refractivity contribution in [2.75, 3.05) is 32.8 Å². The highest BCUT2D eigenvalue weighted by Crippen LogP contribution is 2.27. The second-order valence-corrected chi connectivity index (χ2v) is 6.43. The molecule has 0 saturated carbocycles. The molecule has 6 heteroatoms. The third-order valence-electron chi connectivity index (χ3n) is 4.57. The summed E-state index contributed by atoms with van der Waals surface area (Å²) in [5.41, 5.74) is 1.07. The molecule has 27 heavy (non-hydrogen) atoms. The fourth-order valence-electron chi connectivity index (χ4n) is 3.27. The first kappa shape index (κ1) is 19.2. The van der Waals surface area contributed by atoms with Crippen LogP contribution in [0.2, 0.25) is 0 Å². The van der Waals surface area contributed by atoms with E-state index in [1.807, 2.05) is 54.4 Å². The predicted molar refractivity (Wildman–Crippen MR) is 104 cm³/mol. The van der Waals surface area contributed by atoms with Crippen LogP contribution in [0.5, 0.6) is 11.5 Å². The molecule has 1 aromatic carbocycles. The number of hydrogen-bond acceptors (Lipinski definition) is 5. The molecule has 6 nitrogen and oxygen atoms in total. The van der Waals surface area contributed by atoms with Crippen molar-refractivity contribution >= 4 is 5.91 Å². The van der Waals surface area contributed by atoms with Crippen LogP contribution in [0, 0.1) is 0 Å². The van der Waals surface area contributed by atoms with Crippen molar-refractivity contribution in [2.24, 2.45) is 0 Å². The lowest BCUT2D eigenvalue weighted by atomic mass is 10.0. The van der Waals surface area contributed by atoms with Crippen LogP contribution in [0.25, 0.3) is 0 Å². The lowest BCUT2D eigenvalue weighted by molar-refractivity contribution is -0.134. The van der Waals surface area contributed by atoms with Crippen molar-refractivity contribution in [2.45, 2.75) is 25.8 Å². The Hall–Kier alpha value is -2.60. The van der Waals surface area contributed by atoms with Crippen LogP contribution < -0.4 is 14.8 Å². The van der Waals surface area contributed by atoms with E-state index < -0.39 is 0 Å². The lowest BCUT2D eigenvalue weighted by Crippen LogP contribution is -2.48. The van der Waals surface area contributed by atoms with Gasteiger partial charge in [-0.05, 0) is 37.1 Å². The minimum atomic E-state index is 0.0412. The Labute approximate surface area is 160 Å². The number of rotatable bonds is 8. The molecular formula is C21H27N3O3. The van der Waals surface area contributed by atoms with E-state index in [1.54, 1.807) is 6.20 Å². The SMILES string of the molecule is CCOc1ccccc1OCCCC(=O)N1CCNCC1c1cccnc1. The number of aromatic nitrogens is 1. The summed E-state index contributed by atoms with van der Waals surface area (Å²) >= 11 is 0. The van der Waals surface area contributed by atoms with Gasteiger partial charge in [0, 0.05) is 38.4 Å². The number of carbonyl (C=O) groups is 1. The van der Waals surface area contributed by atoms with Gasteiger partial charge in [0.25, 0.3) is 0 Å². The highest BCUT2D eigenvalue weighted by Gasteiger charge is 2.27. The van der Waals surface area contributed by atoms with Crippen molar-refractivity contribution in [1.29, 1.82) is 0 Å². The van der Waals surface area contributed by atoms with Crippen LogP contribution in [0.3, 0.4) is 0 Å². The average Bonchev–Trinajstić information content (AvgIpc) is 2.73. The first-order valence-electron chi connectivity index (χ1n) is 9.54. The number of ether oxygens (including phenoxy) is 2. The van der Waals surface area contributed by atoms with Gasteiger partial charge in [0.05, 0.1) is 19.3 Å². The Morgan fingerprint density at radius 2 is 2.04 bits per heavy atom. The minimum absolute atomic E-state index is 0.0412. The maximum Gasteiger partial charge on any atom is 0.223 e. The van der Waals surface area contributed by atoms with Crippen molar-refractivity contribution in [3.63, 3.8) is 0 Å². The van der Waals surface area contributed by atoms with Gasteiger partial charge in [-0.2, -0.15) is 0 Å². The molecular weight excluding hydrogens is 342 g/mol. The number of para-hydroxylation sites is 2. The molecule has 1 amide bonds. The van der Waals surface area contributed by atoms with Gasteiger partial charge in [0.2, 0.25) is 5.91 Å². The standard InChI is InChI=1S/C21H27N3O3/c1-2-26-19-8-3-4-9-20(19)27-14-6-10-21(25)24-13-12-23-16-18(24)17-7-5-11-22-15-17/h3-5,7-9,11,15,18,23H,2,6,10,12-14,16H2,1H3. The zero-order valence-corrected chi connectivity index (χ0v) is 15.8. The Balaban J connectivity index is 1.51. The molecule has 1 fully saturated rings. The quantitative estimate of drug-likeness (QED) is 0.725. The van der Waals surface area contributed by atoms with Crippen molar-refractivity contribution < 1.29 is 14.3 Å². The summed E-state index contributed by atoms with van der Waals surface area (Å²) in [6, 6.07) is 11.6. The molecule has 2 heterocycles.